The minimum Gasteiger partial charge on any atom is -0.490 e. The van der Waals surface area contributed by atoms with E-state index < -0.39 is 10.8 Å². The normalized spacial score (nSPS) is 12.0. The van der Waals surface area contributed by atoms with E-state index in [9.17, 15) is 14.4 Å². The number of hydrogen-bond donors (Lipinski definition) is 0. The van der Waals surface area contributed by atoms with E-state index in [4.69, 9.17) is 23.7 Å². The number of hydrogen-bond acceptors (Lipinski definition) is 8. The second-order valence-electron chi connectivity index (χ2n) is 12.0. The van der Waals surface area contributed by atoms with E-state index in [-0.39, 0.29) is 37.4 Å². The summed E-state index contributed by atoms with van der Waals surface area (Å²) < 4.78 is 27.8. The number of ketones is 1. The smallest absolute Gasteiger partial charge is 0.314 e. The summed E-state index contributed by atoms with van der Waals surface area (Å²) >= 11 is 0. The molecule has 0 aliphatic rings. The first-order valence-corrected chi connectivity index (χ1v) is 14.0. The van der Waals surface area contributed by atoms with Gasteiger partial charge in [0, 0.05) is 17.2 Å². The molecular formula is C34H44O8. The van der Waals surface area contributed by atoms with Crippen LogP contribution in [0.25, 0.3) is 6.08 Å². The molecule has 0 aromatic heterocycles. The van der Waals surface area contributed by atoms with Gasteiger partial charge >= 0.3 is 11.9 Å². The van der Waals surface area contributed by atoms with E-state index in [1.54, 1.807) is 78.0 Å². The Morgan fingerprint density at radius 3 is 1.90 bits per heavy atom. The fourth-order valence-corrected chi connectivity index (χ4v) is 3.36. The summed E-state index contributed by atoms with van der Waals surface area (Å²) in [7, 11) is 0. The predicted octanol–water partition coefficient (Wildman–Crippen LogP) is 7.34. The molecule has 0 unspecified atom stereocenters. The standard InChI is InChI=1S/C34H44O8/c1-10-11-12-25-19-26(30(42-23(2)3)20-29(25)39-22-41-32(37)34(7,8)9)15-18-28(35)24-13-16-27(17-14-24)38-21-40-31(36)33(4,5)6/h10-11,13-20,23H,12,21-22H2,1-9H3. The molecule has 42 heavy (non-hydrogen) atoms. The Morgan fingerprint density at radius 1 is 0.810 bits per heavy atom. The van der Waals surface area contributed by atoms with Gasteiger partial charge in [-0.2, -0.15) is 0 Å². The van der Waals surface area contributed by atoms with Gasteiger partial charge in [0.2, 0.25) is 13.6 Å². The van der Waals surface area contributed by atoms with Crippen LogP contribution in [0.4, 0.5) is 0 Å². The van der Waals surface area contributed by atoms with Gasteiger partial charge in [-0.1, -0.05) is 12.2 Å². The van der Waals surface area contributed by atoms with Crippen molar-refractivity contribution in [1.82, 2.24) is 0 Å². The summed E-state index contributed by atoms with van der Waals surface area (Å²) in [6.45, 7) is 15.9. The van der Waals surface area contributed by atoms with Crippen molar-refractivity contribution in [2.75, 3.05) is 13.6 Å². The highest BCUT2D eigenvalue weighted by Crippen LogP contribution is 2.32. The molecule has 0 aliphatic heterocycles. The van der Waals surface area contributed by atoms with Gasteiger partial charge in [-0.05, 0) is 117 Å². The largest absolute Gasteiger partial charge is 0.490 e. The molecule has 0 fully saturated rings. The lowest BCUT2D eigenvalue weighted by molar-refractivity contribution is -0.160. The Kier molecular flexibility index (Phi) is 12.4. The number of carbonyl (C=O) groups excluding carboxylic acids is 3. The number of esters is 2. The summed E-state index contributed by atoms with van der Waals surface area (Å²) in [6.07, 6.45) is 7.55. The SMILES string of the molecule is CC=CCc1cc(C=CC(=O)c2ccc(OCOC(=O)C(C)(C)C)cc2)c(OC(C)C)cc1OCOC(=O)C(C)(C)C. The molecule has 0 N–H and O–H groups in total. The van der Waals surface area contributed by atoms with Crippen molar-refractivity contribution in [3.8, 4) is 17.2 Å². The summed E-state index contributed by atoms with van der Waals surface area (Å²) in [4.78, 5) is 37.0. The molecule has 0 aliphatic carbocycles. The second kappa shape index (κ2) is 15.2. The minimum absolute atomic E-state index is 0.129. The molecule has 0 heterocycles. The van der Waals surface area contributed by atoms with Gasteiger partial charge in [0.1, 0.15) is 17.2 Å². The van der Waals surface area contributed by atoms with E-state index in [0.717, 1.165) is 5.56 Å². The maximum absolute atomic E-state index is 13.0. The molecule has 8 heteroatoms. The van der Waals surface area contributed by atoms with E-state index in [0.29, 0.717) is 34.8 Å². The molecule has 2 aromatic rings. The third-order valence-corrected chi connectivity index (χ3v) is 5.73. The predicted molar refractivity (Wildman–Crippen MR) is 163 cm³/mol. The quantitative estimate of drug-likeness (QED) is 0.0798. The van der Waals surface area contributed by atoms with Crippen LogP contribution in [0.1, 0.15) is 83.8 Å². The highest BCUT2D eigenvalue weighted by atomic mass is 16.7. The fraction of sp³-hybridized carbons (Fsp3) is 0.441. The Balaban J connectivity index is 2.21. The molecule has 0 spiro atoms. The third-order valence-electron chi connectivity index (χ3n) is 5.73. The van der Waals surface area contributed by atoms with Crippen molar-refractivity contribution >= 4 is 23.8 Å². The van der Waals surface area contributed by atoms with Gasteiger partial charge in [0.25, 0.3) is 0 Å². The first-order chi connectivity index (χ1) is 19.6. The average molecular weight is 581 g/mol. The monoisotopic (exact) mass is 580 g/mol. The van der Waals surface area contributed by atoms with Crippen molar-refractivity contribution in [2.24, 2.45) is 10.8 Å². The van der Waals surface area contributed by atoms with Crippen LogP contribution >= 0.6 is 0 Å². The zero-order valence-electron chi connectivity index (χ0n) is 26.2. The maximum Gasteiger partial charge on any atom is 0.314 e. The van der Waals surface area contributed by atoms with Crippen LogP contribution in [-0.4, -0.2) is 37.4 Å². The van der Waals surface area contributed by atoms with Gasteiger partial charge in [0.15, 0.2) is 5.78 Å². The number of allylic oxidation sites excluding steroid dienone is 3. The molecule has 0 bridgehead atoms. The van der Waals surface area contributed by atoms with Gasteiger partial charge < -0.3 is 23.7 Å². The van der Waals surface area contributed by atoms with Crippen molar-refractivity contribution in [3.63, 3.8) is 0 Å². The lowest BCUT2D eigenvalue weighted by Crippen LogP contribution is -2.24. The molecule has 2 aromatic carbocycles. The van der Waals surface area contributed by atoms with Crippen LogP contribution in [0.5, 0.6) is 17.2 Å². The Bertz CT molecular complexity index is 1270. The van der Waals surface area contributed by atoms with Crippen LogP contribution in [-0.2, 0) is 25.5 Å². The molecule has 0 atom stereocenters. The molecule has 0 saturated heterocycles. The van der Waals surface area contributed by atoms with Crippen molar-refractivity contribution in [2.45, 2.75) is 74.8 Å². The summed E-state index contributed by atoms with van der Waals surface area (Å²) in [5.41, 5.74) is 0.756. The molecule has 0 amide bonds. The Hall–Kier alpha value is -4.07. The van der Waals surface area contributed by atoms with E-state index in [1.165, 1.54) is 6.08 Å². The lowest BCUT2D eigenvalue weighted by Gasteiger charge is -2.19. The second-order valence-corrected chi connectivity index (χ2v) is 12.0. The third kappa shape index (κ3) is 11.1. The van der Waals surface area contributed by atoms with Crippen LogP contribution in [0, 0.1) is 10.8 Å². The molecule has 2 rings (SSSR count). The number of benzene rings is 2. The van der Waals surface area contributed by atoms with Crippen LogP contribution in [0.3, 0.4) is 0 Å². The number of rotatable bonds is 13. The molecular weight excluding hydrogens is 536 g/mol. The summed E-state index contributed by atoms with van der Waals surface area (Å²) in [6, 6.07) is 10.2. The first kappa shape index (κ1) is 34.1. The van der Waals surface area contributed by atoms with Crippen LogP contribution in [0.15, 0.2) is 54.6 Å². The van der Waals surface area contributed by atoms with Gasteiger partial charge in [0.05, 0.1) is 16.9 Å². The molecule has 0 saturated carbocycles. The maximum atomic E-state index is 13.0. The zero-order valence-corrected chi connectivity index (χ0v) is 26.2. The van der Waals surface area contributed by atoms with E-state index in [1.807, 2.05) is 39.0 Å². The molecule has 228 valence electrons. The van der Waals surface area contributed by atoms with Crippen molar-refractivity contribution in [1.29, 1.82) is 0 Å². The van der Waals surface area contributed by atoms with Crippen molar-refractivity contribution < 1.29 is 38.1 Å². The van der Waals surface area contributed by atoms with Crippen LogP contribution in [0.2, 0.25) is 0 Å². The minimum atomic E-state index is -0.640. The van der Waals surface area contributed by atoms with E-state index in [2.05, 4.69) is 0 Å². The van der Waals surface area contributed by atoms with Gasteiger partial charge in [-0.15, -0.1) is 0 Å². The first-order valence-electron chi connectivity index (χ1n) is 14.0. The fourth-order valence-electron chi connectivity index (χ4n) is 3.36. The van der Waals surface area contributed by atoms with Gasteiger partial charge in [-0.3, -0.25) is 14.4 Å². The summed E-state index contributed by atoms with van der Waals surface area (Å²) in [5, 5.41) is 0. The lowest BCUT2D eigenvalue weighted by atomic mass is 9.97. The Morgan fingerprint density at radius 2 is 1.38 bits per heavy atom. The molecule has 8 nitrogen and oxygen atoms in total. The highest BCUT2D eigenvalue weighted by molar-refractivity contribution is 6.07. The number of ether oxygens (including phenoxy) is 5. The zero-order chi connectivity index (χ0) is 31.5. The highest BCUT2D eigenvalue weighted by Gasteiger charge is 2.24. The van der Waals surface area contributed by atoms with E-state index >= 15 is 0 Å². The van der Waals surface area contributed by atoms with Crippen LogP contribution < -0.4 is 14.2 Å². The summed E-state index contributed by atoms with van der Waals surface area (Å²) in [5.74, 6) is 0.597. The topological polar surface area (TPSA) is 97.4 Å². The molecule has 0 radical (unpaired) electrons. The average Bonchev–Trinajstić information content (AvgIpc) is 2.90. The van der Waals surface area contributed by atoms with Gasteiger partial charge in [-0.25, -0.2) is 0 Å². The van der Waals surface area contributed by atoms with Crippen molar-refractivity contribution in [3.05, 3.63) is 71.3 Å². The number of carbonyl (C=O) groups is 3. The Labute approximate surface area is 249 Å².